The van der Waals surface area contributed by atoms with Crippen molar-refractivity contribution in [3.05, 3.63) is 83.1 Å². The van der Waals surface area contributed by atoms with Crippen LogP contribution < -0.4 is 4.74 Å². The van der Waals surface area contributed by atoms with Crippen LogP contribution in [0.5, 0.6) is 5.75 Å². The van der Waals surface area contributed by atoms with Crippen LogP contribution in [0.25, 0.3) is 18.0 Å². The predicted molar refractivity (Wildman–Crippen MR) is 120 cm³/mol. The average molecular weight is 466 g/mol. The molecular weight excluding hydrogens is 445 g/mol. The monoisotopic (exact) mass is 466 g/mol. The van der Waals surface area contributed by atoms with E-state index in [4.69, 9.17) is 4.74 Å². The van der Waals surface area contributed by atoms with E-state index >= 15 is 0 Å². The summed E-state index contributed by atoms with van der Waals surface area (Å²) >= 11 is 0. The SMILES string of the molecule is COc1cc(C=Cc2nc3n(n2)CC[C@H]3c2ccccc2C(F)(F)F)cnc1-n1cnc(C)c1. The van der Waals surface area contributed by atoms with Gasteiger partial charge in [0.25, 0.3) is 0 Å². The number of ether oxygens (including phenoxy) is 1. The third-order valence-electron chi connectivity index (χ3n) is 5.75. The number of halogens is 3. The summed E-state index contributed by atoms with van der Waals surface area (Å²) < 4.78 is 49.5. The summed E-state index contributed by atoms with van der Waals surface area (Å²) in [4.78, 5) is 13.2. The van der Waals surface area contributed by atoms with Gasteiger partial charge in [0.15, 0.2) is 17.4 Å². The van der Waals surface area contributed by atoms with E-state index in [1.165, 1.54) is 12.1 Å². The molecule has 0 amide bonds. The molecular formula is C24H21F3N6O. The fraction of sp³-hybridized carbons (Fsp3) is 0.250. The van der Waals surface area contributed by atoms with Gasteiger partial charge in [-0.3, -0.25) is 4.57 Å². The number of methoxy groups -OCH3 is 1. The molecule has 174 valence electrons. The number of rotatable bonds is 5. The number of hydrogen-bond acceptors (Lipinski definition) is 5. The Kier molecular flexibility index (Phi) is 5.43. The van der Waals surface area contributed by atoms with E-state index in [-0.39, 0.29) is 5.56 Å². The van der Waals surface area contributed by atoms with E-state index in [2.05, 4.69) is 20.1 Å². The van der Waals surface area contributed by atoms with E-state index in [0.717, 1.165) is 17.3 Å². The molecule has 0 fully saturated rings. The minimum Gasteiger partial charge on any atom is -0.493 e. The first-order chi connectivity index (χ1) is 16.3. The Bertz CT molecular complexity index is 1370. The highest BCUT2D eigenvalue weighted by Gasteiger charge is 2.38. The number of aryl methyl sites for hydroxylation is 2. The quantitative estimate of drug-likeness (QED) is 0.418. The van der Waals surface area contributed by atoms with Crippen molar-refractivity contribution >= 4 is 12.2 Å². The lowest BCUT2D eigenvalue weighted by Gasteiger charge is -2.16. The van der Waals surface area contributed by atoms with Crippen LogP contribution in [-0.4, -0.2) is 36.4 Å². The summed E-state index contributed by atoms with van der Waals surface area (Å²) in [6.07, 6.45) is 4.83. The van der Waals surface area contributed by atoms with E-state index in [1.54, 1.807) is 47.1 Å². The van der Waals surface area contributed by atoms with E-state index in [0.29, 0.717) is 36.2 Å². The zero-order valence-electron chi connectivity index (χ0n) is 18.5. The number of benzene rings is 1. The number of aromatic nitrogens is 6. The molecule has 7 nitrogen and oxygen atoms in total. The second-order valence-corrected chi connectivity index (χ2v) is 8.03. The molecule has 3 aromatic heterocycles. The third-order valence-corrected chi connectivity index (χ3v) is 5.75. The molecule has 0 spiro atoms. The molecule has 1 aliphatic heterocycles. The van der Waals surface area contributed by atoms with Crippen molar-refractivity contribution in [1.29, 1.82) is 0 Å². The van der Waals surface area contributed by atoms with Gasteiger partial charge >= 0.3 is 6.18 Å². The Labute approximate surface area is 193 Å². The minimum atomic E-state index is -4.42. The fourth-order valence-electron chi connectivity index (χ4n) is 4.19. The van der Waals surface area contributed by atoms with Gasteiger partial charge in [0, 0.05) is 24.9 Å². The molecule has 0 unspecified atom stereocenters. The summed E-state index contributed by atoms with van der Waals surface area (Å²) in [7, 11) is 1.57. The minimum absolute atomic E-state index is 0.232. The number of nitrogens with zero attached hydrogens (tertiary/aromatic N) is 6. The van der Waals surface area contributed by atoms with Crippen LogP contribution in [0.1, 0.15) is 46.4 Å². The van der Waals surface area contributed by atoms with Gasteiger partial charge in [0.05, 0.1) is 18.4 Å². The van der Waals surface area contributed by atoms with E-state index in [1.807, 2.05) is 19.2 Å². The Morgan fingerprint density at radius 2 is 1.97 bits per heavy atom. The summed E-state index contributed by atoms with van der Waals surface area (Å²) in [5.74, 6) is 1.71. The van der Waals surface area contributed by atoms with Gasteiger partial charge in [-0.2, -0.15) is 18.3 Å². The molecule has 1 aliphatic rings. The molecule has 1 atom stereocenters. The van der Waals surface area contributed by atoms with Gasteiger partial charge in [-0.1, -0.05) is 18.2 Å². The van der Waals surface area contributed by atoms with Crippen LogP contribution in [0, 0.1) is 6.92 Å². The second-order valence-electron chi connectivity index (χ2n) is 8.03. The summed E-state index contributed by atoms with van der Waals surface area (Å²) in [5.41, 5.74) is 1.24. The lowest BCUT2D eigenvalue weighted by molar-refractivity contribution is -0.138. The van der Waals surface area contributed by atoms with Gasteiger partial charge in [-0.05, 0) is 48.8 Å². The predicted octanol–water partition coefficient (Wildman–Crippen LogP) is 4.90. The molecule has 4 aromatic rings. The summed E-state index contributed by atoms with van der Waals surface area (Å²) in [6, 6.07) is 7.50. The van der Waals surface area contributed by atoms with Gasteiger partial charge in [0.2, 0.25) is 0 Å². The number of alkyl halides is 3. The van der Waals surface area contributed by atoms with Crippen molar-refractivity contribution in [3.8, 4) is 11.6 Å². The van der Waals surface area contributed by atoms with Crippen LogP contribution >= 0.6 is 0 Å². The average Bonchev–Trinajstić information content (AvgIpc) is 3.52. The lowest BCUT2D eigenvalue weighted by atomic mass is 9.92. The zero-order valence-corrected chi connectivity index (χ0v) is 18.5. The van der Waals surface area contributed by atoms with Crippen LogP contribution in [0.3, 0.4) is 0 Å². The fourth-order valence-corrected chi connectivity index (χ4v) is 4.19. The van der Waals surface area contributed by atoms with Crippen molar-refractivity contribution < 1.29 is 17.9 Å². The van der Waals surface area contributed by atoms with Crippen molar-refractivity contribution in [3.63, 3.8) is 0 Å². The summed E-state index contributed by atoms with van der Waals surface area (Å²) in [5, 5.41) is 4.46. The number of imidazole rings is 1. The van der Waals surface area contributed by atoms with Crippen LogP contribution in [-0.2, 0) is 12.7 Å². The topological polar surface area (TPSA) is 70.7 Å². The lowest BCUT2D eigenvalue weighted by Crippen LogP contribution is -2.12. The van der Waals surface area contributed by atoms with Crippen molar-refractivity contribution in [2.75, 3.05) is 7.11 Å². The van der Waals surface area contributed by atoms with Crippen molar-refractivity contribution in [2.24, 2.45) is 0 Å². The molecule has 0 saturated carbocycles. The Morgan fingerprint density at radius 1 is 1.15 bits per heavy atom. The molecule has 0 bridgehead atoms. The molecule has 0 N–H and O–H groups in total. The van der Waals surface area contributed by atoms with Crippen LogP contribution in [0.2, 0.25) is 0 Å². The molecule has 34 heavy (non-hydrogen) atoms. The van der Waals surface area contributed by atoms with E-state index in [9.17, 15) is 13.2 Å². The Balaban J connectivity index is 1.41. The smallest absolute Gasteiger partial charge is 0.416 e. The normalized spacial score (nSPS) is 15.7. The molecule has 4 heterocycles. The number of hydrogen-bond donors (Lipinski definition) is 0. The van der Waals surface area contributed by atoms with E-state index < -0.39 is 17.7 Å². The van der Waals surface area contributed by atoms with Gasteiger partial charge in [-0.25, -0.2) is 19.6 Å². The first-order valence-electron chi connectivity index (χ1n) is 10.7. The Hall–Kier alpha value is -3.95. The molecule has 0 saturated heterocycles. The van der Waals surface area contributed by atoms with Crippen LogP contribution in [0.4, 0.5) is 13.2 Å². The number of pyridine rings is 1. The molecule has 0 radical (unpaired) electrons. The molecule has 0 aliphatic carbocycles. The van der Waals surface area contributed by atoms with Crippen LogP contribution in [0.15, 0.2) is 49.1 Å². The summed E-state index contributed by atoms with van der Waals surface area (Å²) in [6.45, 7) is 2.41. The maximum atomic E-state index is 13.5. The number of fused-ring (bicyclic) bond motifs is 1. The largest absolute Gasteiger partial charge is 0.493 e. The standard InChI is InChI=1S/C24H21F3N6O/c1-15-13-32(14-29-15)23-20(34-2)11-16(12-28-23)7-8-21-30-22-18(9-10-33(22)31-21)17-5-3-4-6-19(17)24(25,26)27/h3-8,11-14,18H,9-10H2,1-2H3/t18-/m0/s1. The van der Waals surface area contributed by atoms with Gasteiger partial charge in [0.1, 0.15) is 12.2 Å². The maximum absolute atomic E-state index is 13.5. The maximum Gasteiger partial charge on any atom is 0.416 e. The highest BCUT2D eigenvalue weighted by Crippen LogP contribution is 2.40. The highest BCUT2D eigenvalue weighted by atomic mass is 19.4. The Morgan fingerprint density at radius 3 is 2.71 bits per heavy atom. The first kappa shape index (κ1) is 21.9. The molecule has 10 heteroatoms. The second kappa shape index (κ2) is 8.44. The van der Waals surface area contributed by atoms with Gasteiger partial charge < -0.3 is 4.74 Å². The first-order valence-corrected chi connectivity index (χ1v) is 10.7. The van der Waals surface area contributed by atoms with Crippen molar-refractivity contribution in [1.82, 2.24) is 29.3 Å². The van der Waals surface area contributed by atoms with Gasteiger partial charge in [-0.15, -0.1) is 0 Å². The zero-order chi connectivity index (χ0) is 23.9. The molecule has 1 aromatic carbocycles. The highest BCUT2D eigenvalue weighted by molar-refractivity contribution is 5.67. The third kappa shape index (κ3) is 4.07. The van der Waals surface area contributed by atoms with Crippen molar-refractivity contribution in [2.45, 2.75) is 32.0 Å². The molecule has 5 rings (SSSR count).